The molecule has 0 spiro atoms. The van der Waals surface area contributed by atoms with Crippen molar-refractivity contribution < 1.29 is 18.3 Å². The van der Waals surface area contributed by atoms with Crippen molar-refractivity contribution in [3.63, 3.8) is 0 Å². The predicted molar refractivity (Wildman–Crippen MR) is 120 cm³/mol. The van der Waals surface area contributed by atoms with Crippen molar-refractivity contribution in [3.05, 3.63) is 53.9 Å². The number of piperazine rings is 1. The van der Waals surface area contributed by atoms with Crippen LogP contribution >= 0.6 is 0 Å². The zero-order valence-corrected chi connectivity index (χ0v) is 18.7. The molecule has 1 aromatic heterocycles. The first-order chi connectivity index (χ1) is 15.2. The van der Waals surface area contributed by atoms with E-state index in [1.807, 2.05) is 25.7 Å². The van der Waals surface area contributed by atoms with E-state index in [-0.39, 0.29) is 22.7 Å². The number of nitrogens with zero attached hydrogens (tertiary/aromatic N) is 4. The normalized spacial score (nSPS) is 14.7. The zero-order valence-electron chi connectivity index (χ0n) is 18.7. The number of halogens is 2. The van der Waals surface area contributed by atoms with Crippen LogP contribution in [0.25, 0.3) is 22.0 Å². The van der Waals surface area contributed by atoms with Crippen LogP contribution < -0.4 is 4.90 Å². The SMILES string of the molecule is Cc1cc2c(N3CCN(C(=O)OC(C)(C)C)CC3)ncnc2c(F)c1-c1ccccc1F. The summed E-state index contributed by atoms with van der Waals surface area (Å²) in [6.45, 7) is 9.25. The second-order valence-corrected chi connectivity index (χ2v) is 8.91. The number of carbonyl (C=O) groups is 1. The Labute approximate surface area is 185 Å². The van der Waals surface area contributed by atoms with Crippen LogP contribution in [0.5, 0.6) is 0 Å². The van der Waals surface area contributed by atoms with Gasteiger partial charge in [0.05, 0.1) is 0 Å². The lowest BCUT2D eigenvalue weighted by molar-refractivity contribution is 0.0240. The molecule has 0 radical (unpaired) electrons. The average Bonchev–Trinajstić information content (AvgIpc) is 2.74. The number of rotatable bonds is 2. The number of benzene rings is 2. The lowest BCUT2D eigenvalue weighted by Gasteiger charge is -2.36. The van der Waals surface area contributed by atoms with Gasteiger partial charge >= 0.3 is 6.09 Å². The van der Waals surface area contributed by atoms with E-state index in [9.17, 15) is 9.18 Å². The minimum absolute atomic E-state index is 0.147. The summed E-state index contributed by atoms with van der Waals surface area (Å²) in [5, 5.41) is 0.563. The molecule has 6 nitrogen and oxygen atoms in total. The smallest absolute Gasteiger partial charge is 0.410 e. The molecule has 0 bridgehead atoms. The Bertz CT molecular complexity index is 1170. The van der Waals surface area contributed by atoms with Crippen molar-refractivity contribution in [2.75, 3.05) is 31.1 Å². The molecule has 0 aliphatic carbocycles. The molecule has 8 heteroatoms. The third-order valence-electron chi connectivity index (χ3n) is 5.42. The molecule has 2 aromatic carbocycles. The Hall–Kier alpha value is -3.29. The number of amides is 1. The number of hydrogen-bond acceptors (Lipinski definition) is 5. The van der Waals surface area contributed by atoms with Crippen molar-refractivity contribution in [3.8, 4) is 11.1 Å². The maximum atomic E-state index is 15.5. The Morgan fingerprint density at radius 3 is 2.41 bits per heavy atom. The highest BCUT2D eigenvalue weighted by atomic mass is 19.1. The van der Waals surface area contributed by atoms with Crippen LogP contribution in [-0.4, -0.2) is 52.7 Å². The molecule has 0 saturated carbocycles. The monoisotopic (exact) mass is 440 g/mol. The molecule has 32 heavy (non-hydrogen) atoms. The van der Waals surface area contributed by atoms with Crippen molar-refractivity contribution in [2.24, 2.45) is 0 Å². The summed E-state index contributed by atoms with van der Waals surface area (Å²) in [5.74, 6) is -0.455. The van der Waals surface area contributed by atoms with Gasteiger partial charge in [-0.15, -0.1) is 0 Å². The van der Waals surface area contributed by atoms with Crippen LogP contribution in [0.4, 0.5) is 19.4 Å². The van der Waals surface area contributed by atoms with E-state index in [0.29, 0.717) is 42.9 Å². The molecule has 3 aromatic rings. The van der Waals surface area contributed by atoms with Gasteiger partial charge in [0.15, 0.2) is 5.82 Å². The topological polar surface area (TPSA) is 58.6 Å². The van der Waals surface area contributed by atoms with Crippen LogP contribution in [0.15, 0.2) is 36.7 Å². The lowest BCUT2D eigenvalue weighted by Crippen LogP contribution is -2.50. The van der Waals surface area contributed by atoms with Crippen molar-refractivity contribution in [2.45, 2.75) is 33.3 Å². The van der Waals surface area contributed by atoms with Gasteiger partial charge in [-0.25, -0.2) is 23.5 Å². The van der Waals surface area contributed by atoms with Gasteiger partial charge in [-0.05, 0) is 45.4 Å². The molecular weight excluding hydrogens is 414 g/mol. The van der Waals surface area contributed by atoms with E-state index in [0.717, 1.165) is 0 Å². The number of hydrogen-bond donors (Lipinski definition) is 0. The molecule has 2 heterocycles. The quantitative estimate of drug-likeness (QED) is 0.565. The second-order valence-electron chi connectivity index (χ2n) is 8.91. The third kappa shape index (κ3) is 4.22. The van der Waals surface area contributed by atoms with Crippen molar-refractivity contribution in [1.29, 1.82) is 0 Å². The van der Waals surface area contributed by atoms with Crippen LogP contribution in [0, 0.1) is 18.6 Å². The summed E-state index contributed by atoms with van der Waals surface area (Å²) < 4.78 is 35.3. The van der Waals surface area contributed by atoms with Crippen LogP contribution in [0.3, 0.4) is 0 Å². The first-order valence-electron chi connectivity index (χ1n) is 10.6. The molecule has 168 valence electrons. The van der Waals surface area contributed by atoms with E-state index in [4.69, 9.17) is 4.74 Å². The first kappa shape index (κ1) is 21.9. The number of aryl methyl sites for hydroxylation is 1. The fourth-order valence-corrected chi connectivity index (χ4v) is 3.95. The Morgan fingerprint density at radius 2 is 1.75 bits per heavy atom. The molecule has 1 aliphatic heterocycles. The fraction of sp³-hybridized carbons (Fsp3) is 0.375. The molecule has 0 unspecified atom stereocenters. The first-order valence-corrected chi connectivity index (χ1v) is 10.6. The van der Waals surface area contributed by atoms with Crippen LogP contribution in [0.1, 0.15) is 26.3 Å². The molecule has 1 amide bonds. The summed E-state index contributed by atoms with van der Waals surface area (Å²) in [7, 11) is 0. The molecule has 4 rings (SSSR count). The van der Waals surface area contributed by atoms with E-state index < -0.39 is 17.2 Å². The molecule has 0 N–H and O–H groups in total. The zero-order chi connectivity index (χ0) is 23.0. The fourth-order valence-electron chi connectivity index (χ4n) is 3.95. The van der Waals surface area contributed by atoms with Gasteiger partial charge in [0.2, 0.25) is 0 Å². The standard InChI is InChI=1S/C24H26F2N4O2/c1-15-13-17-21(20(26)19(15)16-7-5-6-8-18(16)25)27-14-28-22(17)29-9-11-30(12-10-29)23(31)32-24(2,3)4/h5-8,13-14H,9-12H2,1-4H3. The molecular formula is C24H26F2N4O2. The summed E-state index contributed by atoms with van der Waals surface area (Å²) in [6, 6.07) is 7.93. The highest BCUT2D eigenvalue weighted by Crippen LogP contribution is 2.35. The Balaban J connectivity index is 1.64. The van der Waals surface area contributed by atoms with Gasteiger partial charge in [0.1, 0.15) is 29.1 Å². The van der Waals surface area contributed by atoms with E-state index in [1.54, 1.807) is 36.1 Å². The molecule has 1 saturated heterocycles. The van der Waals surface area contributed by atoms with Crippen molar-refractivity contribution in [1.82, 2.24) is 14.9 Å². The minimum atomic E-state index is -0.568. The average molecular weight is 440 g/mol. The highest BCUT2D eigenvalue weighted by molar-refractivity contribution is 5.94. The minimum Gasteiger partial charge on any atom is -0.444 e. The summed E-state index contributed by atoms with van der Waals surface area (Å²) >= 11 is 0. The number of fused-ring (bicyclic) bond motifs is 1. The van der Waals surface area contributed by atoms with Gasteiger partial charge in [-0.2, -0.15) is 0 Å². The largest absolute Gasteiger partial charge is 0.444 e. The summed E-state index contributed by atoms with van der Waals surface area (Å²) in [5.41, 5.74) is 0.602. The molecule has 0 atom stereocenters. The maximum absolute atomic E-state index is 15.5. The van der Waals surface area contributed by atoms with Crippen LogP contribution in [0.2, 0.25) is 0 Å². The van der Waals surface area contributed by atoms with Gasteiger partial charge < -0.3 is 14.5 Å². The number of aromatic nitrogens is 2. The molecule has 1 fully saturated rings. The highest BCUT2D eigenvalue weighted by Gasteiger charge is 2.28. The van der Waals surface area contributed by atoms with Crippen molar-refractivity contribution >= 4 is 22.8 Å². The molecule has 1 aliphatic rings. The summed E-state index contributed by atoms with van der Waals surface area (Å²) in [6.07, 6.45) is 0.975. The lowest BCUT2D eigenvalue weighted by atomic mass is 9.97. The van der Waals surface area contributed by atoms with Gasteiger partial charge in [0, 0.05) is 42.7 Å². The van der Waals surface area contributed by atoms with Gasteiger partial charge in [-0.1, -0.05) is 18.2 Å². The third-order valence-corrected chi connectivity index (χ3v) is 5.42. The Kier molecular flexibility index (Phi) is 5.71. The van der Waals surface area contributed by atoms with Gasteiger partial charge in [-0.3, -0.25) is 0 Å². The second kappa shape index (κ2) is 8.33. The maximum Gasteiger partial charge on any atom is 0.410 e. The van der Waals surface area contributed by atoms with E-state index in [1.165, 1.54) is 12.4 Å². The van der Waals surface area contributed by atoms with E-state index in [2.05, 4.69) is 9.97 Å². The van der Waals surface area contributed by atoms with E-state index >= 15 is 4.39 Å². The Morgan fingerprint density at radius 1 is 1.06 bits per heavy atom. The van der Waals surface area contributed by atoms with Crippen LogP contribution in [-0.2, 0) is 4.74 Å². The number of anilines is 1. The summed E-state index contributed by atoms with van der Waals surface area (Å²) in [4.78, 5) is 24.6. The van der Waals surface area contributed by atoms with Gasteiger partial charge in [0.25, 0.3) is 0 Å². The number of carbonyl (C=O) groups excluding carboxylic acids is 1. The predicted octanol–water partition coefficient (Wildman–Crippen LogP) is 4.94. The number of ether oxygens (including phenoxy) is 1.